The zero-order valence-corrected chi connectivity index (χ0v) is 14.7. The first-order valence-electron chi connectivity index (χ1n) is 7.95. The van der Waals surface area contributed by atoms with Gasteiger partial charge < -0.3 is 15.0 Å². The van der Waals surface area contributed by atoms with E-state index in [4.69, 9.17) is 16.3 Å². The predicted molar refractivity (Wildman–Crippen MR) is 93.2 cm³/mol. The van der Waals surface area contributed by atoms with Crippen molar-refractivity contribution in [1.29, 1.82) is 0 Å². The van der Waals surface area contributed by atoms with E-state index < -0.39 is 12.1 Å². The van der Waals surface area contributed by atoms with Crippen LogP contribution in [0.4, 0.5) is 5.69 Å². The smallest absolute Gasteiger partial charge is 0.256 e. The second-order valence-corrected chi connectivity index (χ2v) is 6.24. The number of likely N-dealkylation sites (N-methyl/N-ethyl adjacent to an activating group) is 1. The maximum Gasteiger partial charge on any atom is 0.256 e. The summed E-state index contributed by atoms with van der Waals surface area (Å²) in [6, 6.07) is 6.51. The number of hydrogen-bond acceptors (Lipinski definition) is 4. The van der Waals surface area contributed by atoms with Gasteiger partial charge in [-0.15, -0.1) is 0 Å². The highest BCUT2D eigenvalue weighted by atomic mass is 35.5. The van der Waals surface area contributed by atoms with Crippen molar-refractivity contribution in [2.45, 2.75) is 25.6 Å². The number of nitrogens with zero attached hydrogens (tertiary/aromatic N) is 3. The molecule has 0 unspecified atom stereocenters. The number of benzene rings is 1. The van der Waals surface area contributed by atoms with E-state index in [2.05, 4.69) is 10.4 Å². The Balaban J connectivity index is 1.84. The van der Waals surface area contributed by atoms with Gasteiger partial charge in [0, 0.05) is 24.8 Å². The average molecular weight is 363 g/mol. The molecule has 0 spiro atoms. The number of anilines is 1. The monoisotopic (exact) mass is 362 g/mol. The second-order valence-electron chi connectivity index (χ2n) is 5.81. The molecule has 1 aromatic carbocycles. The number of hydrogen-bond donors (Lipinski definition) is 1. The van der Waals surface area contributed by atoms with Crippen molar-refractivity contribution in [2.75, 3.05) is 19.0 Å². The van der Waals surface area contributed by atoms with Crippen molar-refractivity contribution in [1.82, 2.24) is 14.7 Å². The van der Waals surface area contributed by atoms with Gasteiger partial charge in [-0.2, -0.15) is 5.10 Å². The van der Waals surface area contributed by atoms with Crippen molar-refractivity contribution in [3.63, 3.8) is 0 Å². The summed E-state index contributed by atoms with van der Waals surface area (Å²) in [6.07, 6.45) is 2.50. The summed E-state index contributed by atoms with van der Waals surface area (Å²) in [6.45, 7) is 2.54. The van der Waals surface area contributed by atoms with Crippen LogP contribution in [0.25, 0.3) is 0 Å². The molecule has 8 heteroatoms. The fraction of sp³-hybridized carbons (Fsp3) is 0.353. The first kappa shape index (κ1) is 17.4. The molecule has 1 fully saturated rings. The molecule has 0 bridgehead atoms. The number of ether oxygens (including phenoxy) is 1. The third kappa shape index (κ3) is 3.67. The van der Waals surface area contributed by atoms with Gasteiger partial charge in [-0.25, -0.2) is 0 Å². The number of carbonyl (C=O) groups is 2. The van der Waals surface area contributed by atoms with E-state index in [1.807, 2.05) is 6.92 Å². The van der Waals surface area contributed by atoms with Crippen LogP contribution in [-0.2, 0) is 20.9 Å². The SMILES string of the molecule is CCn1cc(NC(=O)[C@H]2OCC(=O)N(C)[C@H]2c2ccc(Cl)cc2)cn1. The van der Waals surface area contributed by atoms with Crippen LogP contribution in [-0.4, -0.2) is 46.3 Å². The van der Waals surface area contributed by atoms with E-state index in [0.29, 0.717) is 17.3 Å². The van der Waals surface area contributed by atoms with Crippen molar-refractivity contribution >= 4 is 29.1 Å². The Morgan fingerprint density at radius 3 is 2.76 bits per heavy atom. The molecule has 0 saturated carbocycles. The zero-order chi connectivity index (χ0) is 18.0. The Kier molecular flexibility index (Phi) is 5.06. The summed E-state index contributed by atoms with van der Waals surface area (Å²) in [5.74, 6) is -0.502. The van der Waals surface area contributed by atoms with Crippen LogP contribution in [0.2, 0.25) is 5.02 Å². The van der Waals surface area contributed by atoms with Crippen LogP contribution >= 0.6 is 11.6 Å². The summed E-state index contributed by atoms with van der Waals surface area (Å²) in [5, 5.41) is 7.52. The normalized spacial score (nSPS) is 20.6. The van der Waals surface area contributed by atoms with Crippen LogP contribution in [0.15, 0.2) is 36.7 Å². The number of carbonyl (C=O) groups excluding carboxylic acids is 2. The molecule has 2 heterocycles. The van der Waals surface area contributed by atoms with Gasteiger partial charge in [0.15, 0.2) is 6.10 Å². The summed E-state index contributed by atoms with van der Waals surface area (Å²) in [5.41, 5.74) is 1.37. The molecule has 7 nitrogen and oxygen atoms in total. The van der Waals surface area contributed by atoms with Crippen molar-refractivity contribution in [3.8, 4) is 0 Å². The Morgan fingerprint density at radius 2 is 2.12 bits per heavy atom. The molecule has 1 aliphatic heterocycles. The minimum Gasteiger partial charge on any atom is -0.356 e. The van der Waals surface area contributed by atoms with E-state index in [0.717, 1.165) is 5.56 Å². The van der Waals surface area contributed by atoms with E-state index >= 15 is 0 Å². The fourth-order valence-electron chi connectivity index (χ4n) is 2.80. The van der Waals surface area contributed by atoms with E-state index in [1.54, 1.807) is 48.4 Å². The lowest BCUT2D eigenvalue weighted by molar-refractivity contribution is -0.160. The molecule has 0 aliphatic carbocycles. The minimum atomic E-state index is -0.825. The number of aryl methyl sites for hydroxylation is 1. The zero-order valence-electron chi connectivity index (χ0n) is 14.0. The Labute approximate surface area is 150 Å². The molecule has 25 heavy (non-hydrogen) atoms. The molecule has 3 rings (SSSR count). The van der Waals surface area contributed by atoms with Gasteiger partial charge >= 0.3 is 0 Å². The molecule has 1 aliphatic rings. The standard InChI is InChI=1S/C17H19ClN4O3/c1-3-22-9-13(8-19-22)20-17(24)16-15(21(2)14(23)10-25-16)11-4-6-12(18)7-5-11/h4-9,15-16H,3,10H2,1-2H3,(H,20,24)/t15-,16-/m0/s1. The Morgan fingerprint density at radius 1 is 1.40 bits per heavy atom. The molecular formula is C17H19ClN4O3. The predicted octanol–water partition coefficient (Wildman–Crippen LogP) is 2.09. The van der Waals surface area contributed by atoms with Crippen LogP contribution in [0.1, 0.15) is 18.5 Å². The topological polar surface area (TPSA) is 76.5 Å². The molecule has 2 atom stereocenters. The number of aromatic nitrogens is 2. The molecule has 2 amide bonds. The highest BCUT2D eigenvalue weighted by Gasteiger charge is 2.40. The molecule has 1 aromatic heterocycles. The van der Waals surface area contributed by atoms with Crippen molar-refractivity contribution in [2.24, 2.45) is 0 Å². The van der Waals surface area contributed by atoms with Crippen molar-refractivity contribution < 1.29 is 14.3 Å². The third-order valence-corrected chi connectivity index (χ3v) is 4.43. The number of halogens is 1. The maximum absolute atomic E-state index is 12.7. The van der Waals surface area contributed by atoms with Gasteiger partial charge in [0.1, 0.15) is 6.61 Å². The van der Waals surface area contributed by atoms with E-state index in [9.17, 15) is 9.59 Å². The van der Waals surface area contributed by atoms with Gasteiger partial charge in [0.25, 0.3) is 5.91 Å². The molecule has 1 saturated heterocycles. The lowest BCUT2D eigenvalue weighted by atomic mass is 9.97. The number of rotatable bonds is 4. The first-order chi connectivity index (χ1) is 12.0. The van der Waals surface area contributed by atoms with Gasteiger partial charge in [-0.3, -0.25) is 14.3 Å². The highest BCUT2D eigenvalue weighted by Crippen LogP contribution is 2.30. The van der Waals surface area contributed by atoms with Crippen LogP contribution in [0.5, 0.6) is 0 Å². The van der Waals surface area contributed by atoms with Crippen LogP contribution in [0, 0.1) is 0 Å². The quantitative estimate of drug-likeness (QED) is 0.903. The summed E-state index contributed by atoms with van der Waals surface area (Å²) >= 11 is 5.94. The number of nitrogens with one attached hydrogen (secondary N) is 1. The van der Waals surface area contributed by atoms with Gasteiger partial charge in [-0.05, 0) is 24.6 Å². The number of morpholine rings is 1. The first-order valence-corrected chi connectivity index (χ1v) is 8.33. The lowest BCUT2D eigenvalue weighted by Crippen LogP contribution is -2.51. The fourth-order valence-corrected chi connectivity index (χ4v) is 2.93. The second kappa shape index (κ2) is 7.25. The molecule has 132 valence electrons. The summed E-state index contributed by atoms with van der Waals surface area (Å²) in [4.78, 5) is 26.3. The average Bonchev–Trinajstić information content (AvgIpc) is 3.05. The van der Waals surface area contributed by atoms with Crippen LogP contribution in [0.3, 0.4) is 0 Å². The number of amides is 2. The third-order valence-electron chi connectivity index (χ3n) is 4.18. The molecule has 2 aromatic rings. The van der Waals surface area contributed by atoms with E-state index in [1.165, 1.54) is 4.90 Å². The van der Waals surface area contributed by atoms with Gasteiger partial charge in [0.05, 0.1) is 17.9 Å². The molecule has 1 N–H and O–H groups in total. The summed E-state index contributed by atoms with van der Waals surface area (Å²) < 4.78 is 7.27. The lowest BCUT2D eigenvalue weighted by Gasteiger charge is -2.38. The van der Waals surface area contributed by atoms with Crippen molar-refractivity contribution in [3.05, 3.63) is 47.2 Å². The Bertz CT molecular complexity index is 774. The summed E-state index contributed by atoms with van der Waals surface area (Å²) in [7, 11) is 1.67. The maximum atomic E-state index is 12.7. The van der Waals surface area contributed by atoms with E-state index in [-0.39, 0.29) is 18.4 Å². The molecular weight excluding hydrogens is 344 g/mol. The highest BCUT2D eigenvalue weighted by molar-refractivity contribution is 6.30. The minimum absolute atomic E-state index is 0.132. The van der Waals surface area contributed by atoms with Gasteiger partial charge in [0.2, 0.25) is 5.91 Å². The van der Waals surface area contributed by atoms with Crippen LogP contribution < -0.4 is 5.32 Å². The van der Waals surface area contributed by atoms with Gasteiger partial charge in [-0.1, -0.05) is 23.7 Å². The molecule has 0 radical (unpaired) electrons. The largest absolute Gasteiger partial charge is 0.356 e. The Hall–Kier alpha value is -2.38.